The van der Waals surface area contributed by atoms with Crippen molar-refractivity contribution in [2.75, 3.05) is 18.9 Å². The van der Waals surface area contributed by atoms with Crippen molar-refractivity contribution in [2.45, 2.75) is 39.5 Å². The Morgan fingerprint density at radius 1 is 0.893 bits per heavy atom. The zero-order valence-corrected chi connectivity index (χ0v) is 16.8. The molecule has 0 saturated carbocycles. The van der Waals surface area contributed by atoms with E-state index in [2.05, 4.69) is 12.2 Å². The lowest BCUT2D eigenvalue weighted by atomic mass is 10.0. The SMILES string of the molecule is CCc1ccc(C(=O)CCC(=O)N(C)CC(=O)Nc2ccccc2CC)cc1. The molecule has 0 radical (unpaired) electrons. The Kier molecular flexibility index (Phi) is 7.93. The van der Waals surface area contributed by atoms with Crippen molar-refractivity contribution in [3.63, 3.8) is 0 Å². The fraction of sp³-hybridized carbons (Fsp3) is 0.348. The first kappa shape index (κ1) is 21.4. The molecule has 0 spiro atoms. The van der Waals surface area contributed by atoms with Crippen LogP contribution in [-0.4, -0.2) is 36.1 Å². The van der Waals surface area contributed by atoms with Crippen molar-refractivity contribution in [1.82, 2.24) is 4.90 Å². The lowest BCUT2D eigenvalue weighted by molar-refractivity contribution is -0.133. The third kappa shape index (κ3) is 6.05. The molecule has 2 aromatic rings. The number of ketones is 1. The van der Waals surface area contributed by atoms with E-state index in [-0.39, 0.29) is 37.0 Å². The topological polar surface area (TPSA) is 66.5 Å². The molecule has 0 aromatic heterocycles. The van der Waals surface area contributed by atoms with Gasteiger partial charge in [-0.05, 0) is 30.0 Å². The molecule has 0 fully saturated rings. The van der Waals surface area contributed by atoms with Crippen LogP contribution in [0.3, 0.4) is 0 Å². The number of para-hydroxylation sites is 1. The van der Waals surface area contributed by atoms with E-state index in [9.17, 15) is 14.4 Å². The summed E-state index contributed by atoms with van der Waals surface area (Å²) in [6.07, 6.45) is 1.95. The summed E-state index contributed by atoms with van der Waals surface area (Å²) < 4.78 is 0. The maximum atomic E-state index is 12.3. The second-order valence-corrected chi connectivity index (χ2v) is 6.78. The third-order valence-electron chi connectivity index (χ3n) is 4.73. The maximum absolute atomic E-state index is 12.3. The molecule has 5 heteroatoms. The Balaban J connectivity index is 1.83. The van der Waals surface area contributed by atoms with E-state index in [0.29, 0.717) is 5.56 Å². The maximum Gasteiger partial charge on any atom is 0.243 e. The van der Waals surface area contributed by atoms with Crippen LogP contribution in [0, 0.1) is 0 Å². The summed E-state index contributed by atoms with van der Waals surface area (Å²) in [5.74, 6) is -0.540. The Hall–Kier alpha value is -2.95. The molecule has 0 saturated heterocycles. The number of amides is 2. The van der Waals surface area contributed by atoms with Gasteiger partial charge in [0.25, 0.3) is 0 Å². The molecule has 2 amide bonds. The number of rotatable bonds is 9. The minimum Gasteiger partial charge on any atom is -0.336 e. The largest absolute Gasteiger partial charge is 0.336 e. The highest BCUT2D eigenvalue weighted by molar-refractivity contribution is 5.99. The molecule has 0 aliphatic heterocycles. The number of likely N-dealkylation sites (N-methyl/N-ethyl adjacent to an activating group) is 1. The number of carbonyl (C=O) groups is 3. The molecular weight excluding hydrogens is 352 g/mol. The monoisotopic (exact) mass is 380 g/mol. The standard InChI is InChI=1S/C23H28N2O3/c1-4-17-10-12-19(13-11-17)21(26)14-15-23(28)25(3)16-22(27)24-20-9-7-6-8-18(20)5-2/h6-13H,4-5,14-16H2,1-3H3,(H,24,27). The first-order valence-corrected chi connectivity index (χ1v) is 9.68. The Morgan fingerprint density at radius 2 is 1.57 bits per heavy atom. The van der Waals surface area contributed by atoms with Gasteiger partial charge in [0, 0.05) is 31.1 Å². The van der Waals surface area contributed by atoms with Crippen LogP contribution in [0.2, 0.25) is 0 Å². The average Bonchev–Trinajstić information content (AvgIpc) is 2.72. The number of carbonyl (C=O) groups excluding carboxylic acids is 3. The van der Waals surface area contributed by atoms with Crippen LogP contribution in [0.5, 0.6) is 0 Å². The van der Waals surface area contributed by atoms with Crippen molar-refractivity contribution in [1.29, 1.82) is 0 Å². The van der Waals surface area contributed by atoms with Gasteiger partial charge in [0.2, 0.25) is 11.8 Å². The summed E-state index contributed by atoms with van der Waals surface area (Å²) in [4.78, 5) is 38.1. The third-order valence-corrected chi connectivity index (χ3v) is 4.73. The number of hydrogen-bond acceptors (Lipinski definition) is 3. The van der Waals surface area contributed by atoms with Gasteiger partial charge >= 0.3 is 0 Å². The van der Waals surface area contributed by atoms with E-state index in [1.165, 1.54) is 10.5 Å². The zero-order chi connectivity index (χ0) is 20.5. The van der Waals surface area contributed by atoms with Gasteiger partial charge in [-0.25, -0.2) is 0 Å². The highest BCUT2D eigenvalue weighted by atomic mass is 16.2. The fourth-order valence-corrected chi connectivity index (χ4v) is 2.93. The van der Waals surface area contributed by atoms with Crippen molar-refractivity contribution >= 4 is 23.3 Å². The lowest BCUT2D eigenvalue weighted by Gasteiger charge is -2.17. The summed E-state index contributed by atoms with van der Waals surface area (Å²) in [5, 5.41) is 2.85. The minimum absolute atomic E-state index is 0.0454. The highest BCUT2D eigenvalue weighted by Gasteiger charge is 2.16. The lowest BCUT2D eigenvalue weighted by Crippen LogP contribution is -2.35. The number of anilines is 1. The van der Waals surface area contributed by atoms with E-state index >= 15 is 0 Å². The molecule has 2 rings (SSSR count). The highest BCUT2D eigenvalue weighted by Crippen LogP contribution is 2.15. The molecule has 0 bridgehead atoms. The molecular formula is C23H28N2O3. The van der Waals surface area contributed by atoms with Crippen molar-refractivity contribution in [3.05, 3.63) is 65.2 Å². The molecule has 0 aliphatic rings. The van der Waals surface area contributed by atoms with Gasteiger partial charge in [0.15, 0.2) is 5.78 Å². The normalized spacial score (nSPS) is 10.4. The number of nitrogens with zero attached hydrogens (tertiary/aromatic N) is 1. The molecule has 1 N–H and O–H groups in total. The minimum atomic E-state index is -0.252. The molecule has 2 aromatic carbocycles. The van der Waals surface area contributed by atoms with Gasteiger partial charge in [-0.3, -0.25) is 14.4 Å². The fourth-order valence-electron chi connectivity index (χ4n) is 2.93. The van der Waals surface area contributed by atoms with Gasteiger partial charge in [-0.2, -0.15) is 0 Å². The van der Waals surface area contributed by atoms with Crippen LogP contribution < -0.4 is 5.32 Å². The average molecular weight is 380 g/mol. The van der Waals surface area contributed by atoms with Crippen LogP contribution >= 0.6 is 0 Å². The van der Waals surface area contributed by atoms with Crippen molar-refractivity contribution < 1.29 is 14.4 Å². The predicted molar refractivity (Wildman–Crippen MR) is 111 cm³/mol. The van der Waals surface area contributed by atoms with Gasteiger partial charge in [-0.1, -0.05) is 56.3 Å². The Labute approximate surface area is 166 Å². The zero-order valence-electron chi connectivity index (χ0n) is 16.8. The summed E-state index contributed by atoms with van der Waals surface area (Å²) >= 11 is 0. The second-order valence-electron chi connectivity index (χ2n) is 6.78. The summed E-state index contributed by atoms with van der Waals surface area (Å²) in [6.45, 7) is 4.03. The van der Waals surface area contributed by atoms with E-state index < -0.39 is 0 Å². The number of benzene rings is 2. The quantitative estimate of drug-likeness (QED) is 0.672. The number of aryl methyl sites for hydroxylation is 2. The van der Waals surface area contributed by atoms with Gasteiger partial charge in [0.05, 0.1) is 6.54 Å². The summed E-state index contributed by atoms with van der Waals surface area (Å²) in [6, 6.07) is 15.1. The van der Waals surface area contributed by atoms with Crippen LogP contribution in [-0.2, 0) is 22.4 Å². The number of hydrogen-bond donors (Lipinski definition) is 1. The Bertz CT molecular complexity index is 828. The number of Topliss-reactive ketones (excluding diaryl/α,β-unsaturated/α-hetero) is 1. The van der Waals surface area contributed by atoms with Gasteiger partial charge < -0.3 is 10.2 Å². The van der Waals surface area contributed by atoms with Gasteiger partial charge in [0.1, 0.15) is 0 Å². The molecule has 28 heavy (non-hydrogen) atoms. The predicted octanol–water partition coefficient (Wildman–Crippen LogP) is 3.87. The van der Waals surface area contributed by atoms with E-state index in [4.69, 9.17) is 0 Å². The molecule has 148 valence electrons. The van der Waals surface area contributed by atoms with Crippen molar-refractivity contribution in [3.8, 4) is 0 Å². The first-order chi connectivity index (χ1) is 13.4. The molecule has 5 nitrogen and oxygen atoms in total. The summed E-state index contributed by atoms with van der Waals surface area (Å²) in [7, 11) is 1.58. The van der Waals surface area contributed by atoms with E-state index in [0.717, 1.165) is 24.1 Å². The Morgan fingerprint density at radius 3 is 2.21 bits per heavy atom. The van der Waals surface area contributed by atoms with E-state index in [1.807, 2.05) is 43.3 Å². The molecule has 0 heterocycles. The number of nitrogens with one attached hydrogen (secondary N) is 1. The smallest absolute Gasteiger partial charge is 0.243 e. The van der Waals surface area contributed by atoms with E-state index in [1.54, 1.807) is 19.2 Å². The molecule has 0 unspecified atom stereocenters. The first-order valence-electron chi connectivity index (χ1n) is 9.68. The molecule has 0 aliphatic carbocycles. The van der Waals surface area contributed by atoms with Crippen molar-refractivity contribution in [2.24, 2.45) is 0 Å². The van der Waals surface area contributed by atoms with Crippen LogP contribution in [0.1, 0.15) is 48.2 Å². The van der Waals surface area contributed by atoms with Gasteiger partial charge in [-0.15, -0.1) is 0 Å². The van der Waals surface area contributed by atoms with Crippen LogP contribution in [0.4, 0.5) is 5.69 Å². The van der Waals surface area contributed by atoms with Crippen LogP contribution in [0.25, 0.3) is 0 Å². The summed E-state index contributed by atoms with van der Waals surface area (Å²) in [5.41, 5.74) is 3.59. The van der Waals surface area contributed by atoms with Crippen LogP contribution in [0.15, 0.2) is 48.5 Å². The second kappa shape index (κ2) is 10.4. The molecule has 0 atom stereocenters.